The summed E-state index contributed by atoms with van der Waals surface area (Å²) in [5.74, 6) is -2.86. The lowest BCUT2D eigenvalue weighted by Crippen LogP contribution is -1.99. The van der Waals surface area contributed by atoms with Gasteiger partial charge in [0.15, 0.2) is 5.65 Å². The average molecular weight is 277 g/mol. The van der Waals surface area contributed by atoms with Crippen LogP contribution in [0.4, 0.5) is 13.2 Å². The zero-order valence-corrected chi connectivity index (χ0v) is 10.8. The molecule has 0 aliphatic carbocycles. The van der Waals surface area contributed by atoms with Crippen LogP contribution >= 0.6 is 0 Å². The van der Waals surface area contributed by atoms with Crippen LogP contribution in [0, 0.1) is 24.4 Å². The topological polar surface area (TPSA) is 30.7 Å². The molecule has 0 saturated carbocycles. The molecule has 20 heavy (non-hydrogen) atoms. The van der Waals surface area contributed by atoms with E-state index in [0.29, 0.717) is 23.3 Å². The second-order valence-corrected chi connectivity index (χ2v) is 4.59. The van der Waals surface area contributed by atoms with Crippen LogP contribution in [-0.4, -0.2) is 14.5 Å². The molecule has 0 saturated heterocycles. The molecule has 0 radical (unpaired) electrons. The fraction of sp³-hybridized carbons (Fsp3) is 0.143. The number of aryl methyl sites for hydroxylation is 2. The highest BCUT2D eigenvalue weighted by Gasteiger charge is 2.19. The molecule has 0 fully saturated rings. The molecule has 3 aromatic rings. The normalized spacial score (nSPS) is 11.2. The summed E-state index contributed by atoms with van der Waals surface area (Å²) in [6, 6.07) is 3.04. The summed E-state index contributed by atoms with van der Waals surface area (Å²) in [5.41, 5.74) is 1.58. The number of hydrogen-bond donors (Lipinski definition) is 0. The summed E-state index contributed by atoms with van der Waals surface area (Å²) in [5, 5.41) is 0. The van der Waals surface area contributed by atoms with Crippen LogP contribution in [-0.2, 0) is 7.05 Å². The van der Waals surface area contributed by atoms with E-state index in [0.717, 1.165) is 5.56 Å². The number of rotatable bonds is 1. The maximum atomic E-state index is 13.8. The summed E-state index contributed by atoms with van der Waals surface area (Å²) < 4.78 is 42.1. The molecular formula is C14H10F3N3. The zero-order chi connectivity index (χ0) is 14.4. The second-order valence-electron chi connectivity index (χ2n) is 4.59. The molecule has 3 rings (SSSR count). The van der Waals surface area contributed by atoms with E-state index in [4.69, 9.17) is 0 Å². The van der Waals surface area contributed by atoms with Gasteiger partial charge in [0.25, 0.3) is 0 Å². The highest BCUT2D eigenvalue weighted by molar-refractivity contribution is 5.77. The van der Waals surface area contributed by atoms with Gasteiger partial charge in [-0.25, -0.2) is 23.1 Å². The van der Waals surface area contributed by atoms with Gasteiger partial charge >= 0.3 is 0 Å². The van der Waals surface area contributed by atoms with Gasteiger partial charge in [0, 0.05) is 25.4 Å². The van der Waals surface area contributed by atoms with Crippen molar-refractivity contribution in [2.45, 2.75) is 6.92 Å². The third-order valence-corrected chi connectivity index (χ3v) is 3.08. The van der Waals surface area contributed by atoms with Gasteiger partial charge in [-0.15, -0.1) is 0 Å². The van der Waals surface area contributed by atoms with Gasteiger partial charge in [-0.2, -0.15) is 0 Å². The van der Waals surface area contributed by atoms with E-state index in [9.17, 15) is 13.2 Å². The van der Waals surface area contributed by atoms with Gasteiger partial charge in [-0.1, -0.05) is 0 Å². The van der Waals surface area contributed by atoms with Gasteiger partial charge in [-0.05, 0) is 18.6 Å². The van der Waals surface area contributed by atoms with E-state index in [-0.39, 0.29) is 11.4 Å². The Labute approximate surface area is 112 Å². The molecule has 0 aliphatic rings. The van der Waals surface area contributed by atoms with E-state index in [1.807, 2.05) is 6.92 Å². The van der Waals surface area contributed by atoms with Crippen LogP contribution in [0.1, 0.15) is 5.56 Å². The molecule has 0 amide bonds. The molecule has 0 aliphatic heterocycles. The van der Waals surface area contributed by atoms with Crippen LogP contribution in [0.3, 0.4) is 0 Å². The van der Waals surface area contributed by atoms with Crippen molar-refractivity contribution < 1.29 is 13.2 Å². The van der Waals surface area contributed by atoms with E-state index in [1.165, 1.54) is 4.57 Å². The van der Waals surface area contributed by atoms with Gasteiger partial charge in [0.1, 0.15) is 28.8 Å². The van der Waals surface area contributed by atoms with Crippen molar-refractivity contribution in [1.29, 1.82) is 0 Å². The highest BCUT2D eigenvalue weighted by Crippen LogP contribution is 2.28. The first-order chi connectivity index (χ1) is 9.47. The third-order valence-electron chi connectivity index (χ3n) is 3.08. The van der Waals surface area contributed by atoms with E-state index in [2.05, 4.69) is 9.97 Å². The summed E-state index contributed by atoms with van der Waals surface area (Å²) in [7, 11) is 1.61. The third kappa shape index (κ3) is 1.84. The van der Waals surface area contributed by atoms with Crippen molar-refractivity contribution in [3.05, 3.63) is 47.4 Å². The van der Waals surface area contributed by atoms with Crippen molar-refractivity contribution >= 4 is 11.2 Å². The average Bonchev–Trinajstić information content (AvgIpc) is 2.65. The molecule has 2 heterocycles. The second kappa shape index (κ2) is 4.33. The maximum Gasteiger partial charge on any atom is 0.160 e. The predicted octanol–water partition coefficient (Wildman–Crippen LogP) is 3.36. The number of hydrogen-bond acceptors (Lipinski definition) is 2. The van der Waals surface area contributed by atoms with Crippen LogP contribution < -0.4 is 0 Å². The van der Waals surface area contributed by atoms with Crippen molar-refractivity contribution in [3.63, 3.8) is 0 Å². The first-order valence-corrected chi connectivity index (χ1v) is 5.91. The summed E-state index contributed by atoms with van der Waals surface area (Å²) in [4.78, 5) is 8.38. The summed E-state index contributed by atoms with van der Waals surface area (Å²) in [6.45, 7) is 1.85. The highest BCUT2D eigenvalue weighted by atomic mass is 19.1. The summed E-state index contributed by atoms with van der Waals surface area (Å²) >= 11 is 0. The fourth-order valence-corrected chi connectivity index (χ4v) is 2.16. The molecule has 3 nitrogen and oxygen atoms in total. The Morgan fingerprint density at radius 2 is 1.70 bits per heavy atom. The maximum absolute atomic E-state index is 13.8. The number of halogens is 3. The molecule has 0 N–H and O–H groups in total. The van der Waals surface area contributed by atoms with Gasteiger partial charge in [0.05, 0.1) is 5.56 Å². The quantitative estimate of drug-likeness (QED) is 0.683. The number of nitrogens with zero attached hydrogens (tertiary/aromatic N) is 3. The predicted molar refractivity (Wildman–Crippen MR) is 68.6 cm³/mol. The minimum Gasteiger partial charge on any atom is -0.312 e. The Morgan fingerprint density at radius 1 is 1.05 bits per heavy atom. The van der Waals surface area contributed by atoms with Crippen LogP contribution in [0.5, 0.6) is 0 Å². The van der Waals surface area contributed by atoms with E-state index >= 15 is 0 Å². The van der Waals surface area contributed by atoms with Crippen molar-refractivity contribution in [2.24, 2.45) is 7.05 Å². The molecule has 0 atom stereocenters. The minimum absolute atomic E-state index is 0.0769. The Bertz CT molecular complexity index is 801. The first-order valence-electron chi connectivity index (χ1n) is 5.91. The zero-order valence-electron chi connectivity index (χ0n) is 10.8. The molecule has 0 unspecified atom stereocenters. The van der Waals surface area contributed by atoms with Crippen LogP contribution in [0.25, 0.3) is 22.6 Å². The Kier molecular flexibility index (Phi) is 2.74. The summed E-state index contributed by atoms with van der Waals surface area (Å²) in [6.07, 6.45) is 1.64. The van der Waals surface area contributed by atoms with Gasteiger partial charge < -0.3 is 4.57 Å². The number of aromatic nitrogens is 3. The number of pyridine rings is 1. The number of imidazole rings is 1. The molecule has 2 aromatic heterocycles. The van der Waals surface area contributed by atoms with Crippen LogP contribution in [0.15, 0.2) is 24.4 Å². The molecule has 1 aromatic carbocycles. The molecule has 0 spiro atoms. The van der Waals surface area contributed by atoms with Gasteiger partial charge in [-0.3, -0.25) is 0 Å². The lowest BCUT2D eigenvalue weighted by molar-refractivity contribution is 0.546. The monoisotopic (exact) mass is 277 g/mol. The standard InChI is InChI=1S/C14H10F3N3/c1-7-3-11-13(18-6-7)20(2)14(19-11)12-9(16)4-8(15)5-10(12)17/h3-6H,1-2H3. The van der Waals surface area contributed by atoms with E-state index in [1.54, 1.807) is 19.3 Å². The Morgan fingerprint density at radius 3 is 2.35 bits per heavy atom. The molecule has 6 heteroatoms. The smallest absolute Gasteiger partial charge is 0.160 e. The molecule has 0 bridgehead atoms. The van der Waals surface area contributed by atoms with Gasteiger partial charge in [0.2, 0.25) is 0 Å². The van der Waals surface area contributed by atoms with Crippen molar-refractivity contribution in [2.75, 3.05) is 0 Å². The van der Waals surface area contributed by atoms with Crippen molar-refractivity contribution in [3.8, 4) is 11.4 Å². The number of benzene rings is 1. The Hall–Kier alpha value is -2.37. The SMILES string of the molecule is Cc1cnc2c(c1)nc(-c1c(F)cc(F)cc1F)n2C. The lowest BCUT2D eigenvalue weighted by Gasteiger charge is -2.05. The molecule has 102 valence electrons. The number of fused-ring (bicyclic) bond motifs is 1. The van der Waals surface area contributed by atoms with E-state index < -0.39 is 17.5 Å². The fourth-order valence-electron chi connectivity index (χ4n) is 2.16. The lowest BCUT2D eigenvalue weighted by atomic mass is 10.2. The largest absolute Gasteiger partial charge is 0.312 e. The molecular weight excluding hydrogens is 267 g/mol. The van der Waals surface area contributed by atoms with Crippen molar-refractivity contribution in [1.82, 2.24) is 14.5 Å². The first kappa shape index (κ1) is 12.7. The minimum atomic E-state index is -0.988. The van der Waals surface area contributed by atoms with Crippen LogP contribution in [0.2, 0.25) is 0 Å². The Balaban J connectivity index is 2.33.